The fraction of sp³-hybridized carbons (Fsp3) is 0.462. The first-order valence-corrected chi connectivity index (χ1v) is 6.40. The molecule has 0 radical (unpaired) electrons. The Labute approximate surface area is 113 Å². The van der Waals surface area contributed by atoms with E-state index in [1.807, 2.05) is 6.92 Å². The normalized spacial score (nSPS) is 11.0. The molecule has 0 fully saturated rings. The fourth-order valence-corrected chi connectivity index (χ4v) is 1.86. The van der Waals surface area contributed by atoms with Gasteiger partial charge in [0.15, 0.2) is 0 Å². The smallest absolute Gasteiger partial charge is 0.238 e. The summed E-state index contributed by atoms with van der Waals surface area (Å²) in [7, 11) is 0. The molecule has 5 heteroatoms. The summed E-state index contributed by atoms with van der Waals surface area (Å²) < 4.78 is 0. The molecule has 0 aromatic heterocycles. The summed E-state index contributed by atoms with van der Waals surface area (Å²) in [6.07, 6.45) is 0. The number of nitrogens with zero attached hydrogens (tertiary/aromatic N) is 1. The van der Waals surface area contributed by atoms with Gasteiger partial charge in [-0.05, 0) is 38.6 Å². The molecular weight excluding hydrogens is 250 g/mol. The molecule has 0 heterocycles. The van der Waals surface area contributed by atoms with Crippen LogP contribution in [0.1, 0.15) is 20.8 Å². The molecule has 1 aromatic rings. The van der Waals surface area contributed by atoms with Crippen molar-refractivity contribution in [3.8, 4) is 0 Å². The molecule has 1 amide bonds. The van der Waals surface area contributed by atoms with E-state index in [2.05, 4.69) is 24.1 Å². The minimum Gasteiger partial charge on any atom is -0.397 e. The third kappa shape index (κ3) is 4.20. The number of carbonyl (C=O) groups is 1. The Morgan fingerprint density at radius 3 is 2.67 bits per heavy atom. The van der Waals surface area contributed by atoms with E-state index in [9.17, 15) is 4.79 Å². The van der Waals surface area contributed by atoms with E-state index < -0.39 is 0 Å². The summed E-state index contributed by atoms with van der Waals surface area (Å²) in [6, 6.07) is 5.37. The van der Waals surface area contributed by atoms with Crippen molar-refractivity contribution >= 4 is 28.9 Å². The van der Waals surface area contributed by atoms with Crippen LogP contribution in [0.25, 0.3) is 0 Å². The Kier molecular flexibility index (Phi) is 5.44. The number of hydrogen-bond donors (Lipinski definition) is 2. The van der Waals surface area contributed by atoms with Gasteiger partial charge in [-0.1, -0.05) is 18.5 Å². The number of nitrogen functional groups attached to an aromatic ring is 1. The van der Waals surface area contributed by atoms with Crippen LogP contribution in [-0.2, 0) is 4.79 Å². The van der Waals surface area contributed by atoms with Crippen molar-refractivity contribution in [2.75, 3.05) is 24.1 Å². The molecule has 3 N–H and O–H groups in total. The van der Waals surface area contributed by atoms with Gasteiger partial charge in [-0.25, -0.2) is 0 Å². The maximum absolute atomic E-state index is 11.9. The third-order valence-corrected chi connectivity index (χ3v) is 3.01. The molecule has 0 aliphatic rings. The molecule has 0 aliphatic carbocycles. The lowest BCUT2D eigenvalue weighted by Gasteiger charge is -2.24. The lowest BCUT2D eigenvalue weighted by molar-refractivity contribution is -0.117. The Morgan fingerprint density at radius 1 is 1.50 bits per heavy atom. The minimum absolute atomic E-state index is 0.0698. The summed E-state index contributed by atoms with van der Waals surface area (Å²) in [5.41, 5.74) is 6.86. The molecule has 18 heavy (non-hydrogen) atoms. The first-order chi connectivity index (χ1) is 8.43. The number of carbonyl (C=O) groups excluding carboxylic acids is 1. The molecule has 0 unspecified atom stereocenters. The predicted octanol–water partition coefficient (Wildman–Crippen LogP) is 2.59. The van der Waals surface area contributed by atoms with Crippen LogP contribution in [0, 0.1) is 0 Å². The number of likely N-dealkylation sites (N-methyl/N-ethyl adjacent to an activating group) is 1. The highest BCUT2D eigenvalue weighted by molar-refractivity contribution is 6.31. The van der Waals surface area contributed by atoms with Gasteiger partial charge in [-0.3, -0.25) is 9.69 Å². The zero-order valence-electron chi connectivity index (χ0n) is 11.0. The lowest BCUT2D eigenvalue weighted by Crippen LogP contribution is -2.37. The van der Waals surface area contributed by atoms with Crippen LogP contribution in [0.3, 0.4) is 0 Å². The summed E-state index contributed by atoms with van der Waals surface area (Å²) in [4.78, 5) is 14.0. The highest BCUT2D eigenvalue weighted by Crippen LogP contribution is 2.22. The summed E-state index contributed by atoms with van der Waals surface area (Å²) in [5.74, 6) is -0.0698. The largest absolute Gasteiger partial charge is 0.397 e. The quantitative estimate of drug-likeness (QED) is 0.808. The van der Waals surface area contributed by atoms with Crippen LogP contribution >= 0.6 is 11.6 Å². The van der Waals surface area contributed by atoms with Crippen LogP contribution in [0.2, 0.25) is 5.02 Å². The fourth-order valence-electron chi connectivity index (χ4n) is 1.68. The molecule has 1 aromatic carbocycles. The summed E-state index contributed by atoms with van der Waals surface area (Å²) in [5, 5.41) is 3.35. The third-order valence-electron chi connectivity index (χ3n) is 2.77. The van der Waals surface area contributed by atoms with Gasteiger partial charge in [0.25, 0.3) is 0 Å². The Morgan fingerprint density at radius 2 is 2.17 bits per heavy atom. The van der Waals surface area contributed by atoms with Crippen molar-refractivity contribution in [2.45, 2.75) is 26.8 Å². The van der Waals surface area contributed by atoms with Crippen molar-refractivity contribution in [1.82, 2.24) is 4.90 Å². The van der Waals surface area contributed by atoms with Gasteiger partial charge in [0, 0.05) is 11.1 Å². The zero-order chi connectivity index (χ0) is 13.7. The van der Waals surface area contributed by atoms with Gasteiger partial charge < -0.3 is 11.1 Å². The van der Waals surface area contributed by atoms with Gasteiger partial charge >= 0.3 is 0 Å². The SMILES string of the molecule is CCN(CC(=O)Nc1ccc(Cl)cc1N)C(C)C. The number of halogens is 1. The Bertz CT molecular complexity index is 421. The van der Waals surface area contributed by atoms with E-state index in [-0.39, 0.29) is 5.91 Å². The molecular formula is C13H20ClN3O. The zero-order valence-corrected chi connectivity index (χ0v) is 11.8. The summed E-state index contributed by atoms with van der Waals surface area (Å²) >= 11 is 5.80. The van der Waals surface area contributed by atoms with E-state index in [1.54, 1.807) is 18.2 Å². The van der Waals surface area contributed by atoms with Crippen LogP contribution in [0.15, 0.2) is 18.2 Å². The molecule has 1 rings (SSSR count). The van der Waals surface area contributed by atoms with Crippen molar-refractivity contribution in [1.29, 1.82) is 0 Å². The molecule has 0 spiro atoms. The van der Waals surface area contributed by atoms with Crippen LogP contribution in [0.5, 0.6) is 0 Å². The second-order valence-corrected chi connectivity index (χ2v) is 4.87. The van der Waals surface area contributed by atoms with E-state index in [0.717, 1.165) is 6.54 Å². The maximum atomic E-state index is 11.9. The van der Waals surface area contributed by atoms with Gasteiger partial charge in [-0.2, -0.15) is 0 Å². The van der Waals surface area contributed by atoms with E-state index in [0.29, 0.717) is 29.0 Å². The second-order valence-electron chi connectivity index (χ2n) is 4.44. The van der Waals surface area contributed by atoms with E-state index in [1.165, 1.54) is 0 Å². The highest BCUT2D eigenvalue weighted by Gasteiger charge is 2.13. The number of nitrogens with two attached hydrogens (primary N) is 1. The van der Waals surface area contributed by atoms with Gasteiger partial charge in [0.1, 0.15) is 0 Å². The number of hydrogen-bond acceptors (Lipinski definition) is 3. The topological polar surface area (TPSA) is 58.4 Å². The van der Waals surface area contributed by atoms with Crippen molar-refractivity contribution in [3.05, 3.63) is 23.2 Å². The number of rotatable bonds is 5. The van der Waals surface area contributed by atoms with Crippen LogP contribution in [0.4, 0.5) is 11.4 Å². The Balaban J connectivity index is 2.64. The first kappa shape index (κ1) is 14.8. The second kappa shape index (κ2) is 6.61. The number of nitrogens with one attached hydrogen (secondary N) is 1. The monoisotopic (exact) mass is 269 g/mol. The molecule has 0 aliphatic heterocycles. The summed E-state index contributed by atoms with van der Waals surface area (Å²) in [6.45, 7) is 7.35. The van der Waals surface area contributed by atoms with E-state index in [4.69, 9.17) is 17.3 Å². The maximum Gasteiger partial charge on any atom is 0.238 e. The number of benzene rings is 1. The van der Waals surface area contributed by atoms with Gasteiger partial charge in [0.05, 0.1) is 17.9 Å². The minimum atomic E-state index is -0.0698. The average molecular weight is 270 g/mol. The molecule has 0 saturated carbocycles. The van der Waals surface area contributed by atoms with Crippen LogP contribution < -0.4 is 11.1 Å². The van der Waals surface area contributed by atoms with Crippen molar-refractivity contribution in [2.24, 2.45) is 0 Å². The molecule has 100 valence electrons. The van der Waals surface area contributed by atoms with E-state index >= 15 is 0 Å². The lowest BCUT2D eigenvalue weighted by atomic mass is 10.2. The van der Waals surface area contributed by atoms with Gasteiger partial charge in [0.2, 0.25) is 5.91 Å². The molecule has 4 nitrogen and oxygen atoms in total. The van der Waals surface area contributed by atoms with Crippen molar-refractivity contribution < 1.29 is 4.79 Å². The highest BCUT2D eigenvalue weighted by atomic mass is 35.5. The average Bonchev–Trinajstić information content (AvgIpc) is 2.29. The Hall–Kier alpha value is -1.26. The standard InChI is InChI=1S/C13H20ClN3O/c1-4-17(9(2)3)8-13(18)16-12-6-5-10(14)7-11(12)15/h5-7,9H,4,8,15H2,1-3H3,(H,16,18). The van der Waals surface area contributed by atoms with Gasteiger partial charge in [-0.15, -0.1) is 0 Å². The number of anilines is 2. The molecule has 0 saturated heterocycles. The van der Waals surface area contributed by atoms with Crippen LogP contribution in [-0.4, -0.2) is 29.9 Å². The molecule has 0 bridgehead atoms. The first-order valence-electron chi connectivity index (χ1n) is 6.03. The molecule has 0 atom stereocenters. The predicted molar refractivity (Wildman–Crippen MR) is 76.9 cm³/mol. The number of amides is 1. The van der Waals surface area contributed by atoms with Crippen molar-refractivity contribution in [3.63, 3.8) is 0 Å².